The molecule has 0 saturated heterocycles. The van der Waals surface area contributed by atoms with E-state index < -0.39 is 0 Å². The van der Waals surface area contributed by atoms with Gasteiger partial charge in [0, 0.05) is 18.7 Å². The van der Waals surface area contributed by atoms with Crippen LogP contribution in [0.3, 0.4) is 0 Å². The van der Waals surface area contributed by atoms with Gasteiger partial charge in [0.25, 0.3) is 0 Å². The Morgan fingerprint density at radius 1 is 1.11 bits per heavy atom. The quantitative estimate of drug-likeness (QED) is 0.855. The SMILES string of the molecule is CC(=O)Nc1ccc(CC(=O)NC(C)C(C)C)cc1. The van der Waals surface area contributed by atoms with Crippen LogP contribution in [0.25, 0.3) is 0 Å². The van der Waals surface area contributed by atoms with E-state index in [4.69, 9.17) is 0 Å². The van der Waals surface area contributed by atoms with Crippen molar-refractivity contribution in [2.24, 2.45) is 5.92 Å². The first-order chi connectivity index (χ1) is 8.88. The number of hydrogen-bond acceptors (Lipinski definition) is 2. The summed E-state index contributed by atoms with van der Waals surface area (Å²) >= 11 is 0. The zero-order valence-electron chi connectivity index (χ0n) is 12.0. The van der Waals surface area contributed by atoms with E-state index in [0.717, 1.165) is 11.3 Å². The fourth-order valence-corrected chi connectivity index (χ4v) is 1.57. The maximum absolute atomic E-state index is 11.8. The minimum Gasteiger partial charge on any atom is -0.353 e. The molecular weight excluding hydrogens is 240 g/mol. The lowest BCUT2D eigenvalue weighted by Gasteiger charge is -2.17. The van der Waals surface area contributed by atoms with E-state index in [9.17, 15) is 9.59 Å². The van der Waals surface area contributed by atoms with Crippen molar-refractivity contribution in [1.82, 2.24) is 5.32 Å². The van der Waals surface area contributed by atoms with Gasteiger partial charge in [-0.3, -0.25) is 9.59 Å². The normalized spacial score (nSPS) is 12.1. The van der Waals surface area contributed by atoms with Gasteiger partial charge in [-0.15, -0.1) is 0 Å². The first-order valence-corrected chi connectivity index (χ1v) is 6.54. The molecule has 0 aromatic heterocycles. The number of hydrogen-bond donors (Lipinski definition) is 2. The van der Waals surface area contributed by atoms with Gasteiger partial charge in [0.15, 0.2) is 0 Å². The highest BCUT2D eigenvalue weighted by Crippen LogP contribution is 2.10. The second kappa shape index (κ2) is 6.92. The Hall–Kier alpha value is -1.84. The Kier molecular flexibility index (Phi) is 5.55. The zero-order valence-corrected chi connectivity index (χ0v) is 12.0. The molecule has 0 bridgehead atoms. The van der Waals surface area contributed by atoms with Gasteiger partial charge >= 0.3 is 0 Å². The van der Waals surface area contributed by atoms with E-state index in [1.54, 1.807) is 12.1 Å². The monoisotopic (exact) mass is 262 g/mol. The topological polar surface area (TPSA) is 58.2 Å². The average Bonchev–Trinajstić information content (AvgIpc) is 2.30. The fraction of sp³-hybridized carbons (Fsp3) is 0.467. The third kappa shape index (κ3) is 5.55. The van der Waals surface area contributed by atoms with Crippen molar-refractivity contribution < 1.29 is 9.59 Å². The van der Waals surface area contributed by atoms with Crippen LogP contribution in [0.15, 0.2) is 24.3 Å². The molecule has 0 fully saturated rings. The summed E-state index contributed by atoms with van der Waals surface area (Å²) in [5, 5.41) is 5.66. The van der Waals surface area contributed by atoms with Crippen molar-refractivity contribution in [3.63, 3.8) is 0 Å². The minimum atomic E-state index is -0.101. The smallest absolute Gasteiger partial charge is 0.224 e. The van der Waals surface area contributed by atoms with E-state index in [1.807, 2.05) is 19.1 Å². The lowest BCUT2D eigenvalue weighted by Crippen LogP contribution is -2.37. The molecule has 1 aromatic rings. The molecule has 0 aliphatic rings. The number of anilines is 1. The van der Waals surface area contributed by atoms with Gasteiger partial charge in [0.1, 0.15) is 0 Å². The van der Waals surface area contributed by atoms with Crippen molar-refractivity contribution in [3.8, 4) is 0 Å². The number of amides is 2. The van der Waals surface area contributed by atoms with Crippen LogP contribution in [0.5, 0.6) is 0 Å². The summed E-state index contributed by atoms with van der Waals surface area (Å²) in [4.78, 5) is 22.7. The Bertz CT molecular complexity index is 438. The number of rotatable bonds is 5. The molecule has 0 aliphatic carbocycles. The Morgan fingerprint density at radius 3 is 2.16 bits per heavy atom. The van der Waals surface area contributed by atoms with Crippen LogP contribution in [0.4, 0.5) is 5.69 Å². The second-order valence-electron chi connectivity index (χ2n) is 5.16. The van der Waals surface area contributed by atoms with Crippen LogP contribution >= 0.6 is 0 Å². The van der Waals surface area contributed by atoms with Gasteiger partial charge in [-0.2, -0.15) is 0 Å². The summed E-state index contributed by atoms with van der Waals surface area (Å²) in [5.41, 5.74) is 1.68. The molecule has 0 saturated carbocycles. The molecule has 0 radical (unpaired) electrons. The van der Waals surface area contributed by atoms with Crippen LogP contribution in [0.1, 0.15) is 33.3 Å². The number of benzene rings is 1. The molecule has 19 heavy (non-hydrogen) atoms. The fourth-order valence-electron chi connectivity index (χ4n) is 1.57. The molecule has 1 atom stereocenters. The molecule has 2 N–H and O–H groups in total. The molecule has 104 valence electrons. The Balaban J connectivity index is 2.53. The largest absolute Gasteiger partial charge is 0.353 e. The number of nitrogens with one attached hydrogen (secondary N) is 2. The summed E-state index contributed by atoms with van der Waals surface area (Å²) in [5.74, 6) is 0.343. The van der Waals surface area contributed by atoms with Gasteiger partial charge in [0.05, 0.1) is 6.42 Å². The lowest BCUT2D eigenvalue weighted by molar-refractivity contribution is -0.121. The van der Waals surface area contributed by atoms with E-state index >= 15 is 0 Å². The molecule has 0 aliphatic heterocycles. The summed E-state index contributed by atoms with van der Waals surface area (Å²) in [6.45, 7) is 7.62. The molecule has 4 nitrogen and oxygen atoms in total. The van der Waals surface area contributed by atoms with Gasteiger partial charge in [-0.25, -0.2) is 0 Å². The van der Waals surface area contributed by atoms with Crippen LogP contribution in [0, 0.1) is 5.92 Å². The molecule has 0 heterocycles. The van der Waals surface area contributed by atoms with E-state index in [2.05, 4.69) is 24.5 Å². The Labute approximate surface area is 114 Å². The zero-order chi connectivity index (χ0) is 14.4. The molecule has 0 spiro atoms. The van der Waals surface area contributed by atoms with Gasteiger partial charge in [-0.05, 0) is 30.5 Å². The number of carbonyl (C=O) groups excluding carboxylic acids is 2. The maximum Gasteiger partial charge on any atom is 0.224 e. The Morgan fingerprint density at radius 2 is 1.68 bits per heavy atom. The second-order valence-corrected chi connectivity index (χ2v) is 5.16. The third-order valence-corrected chi connectivity index (χ3v) is 3.03. The standard InChI is InChI=1S/C15H22N2O2/c1-10(2)11(3)16-15(19)9-13-5-7-14(8-6-13)17-12(4)18/h5-8,10-11H,9H2,1-4H3,(H,16,19)(H,17,18). The molecule has 1 unspecified atom stereocenters. The van der Waals surface area contributed by atoms with Crippen LogP contribution in [-0.2, 0) is 16.0 Å². The summed E-state index contributed by atoms with van der Waals surface area (Å²) < 4.78 is 0. The maximum atomic E-state index is 11.8. The van der Waals surface area contributed by atoms with Crippen molar-refractivity contribution in [2.45, 2.75) is 40.2 Å². The van der Waals surface area contributed by atoms with Crippen molar-refractivity contribution in [2.75, 3.05) is 5.32 Å². The molecule has 2 amide bonds. The van der Waals surface area contributed by atoms with Crippen LogP contribution in [0.2, 0.25) is 0 Å². The van der Waals surface area contributed by atoms with Crippen molar-refractivity contribution in [1.29, 1.82) is 0 Å². The molecule has 4 heteroatoms. The summed E-state index contributed by atoms with van der Waals surface area (Å²) in [7, 11) is 0. The summed E-state index contributed by atoms with van der Waals surface area (Å²) in [6, 6.07) is 7.48. The first-order valence-electron chi connectivity index (χ1n) is 6.54. The minimum absolute atomic E-state index is 0.0217. The van der Waals surface area contributed by atoms with Gasteiger partial charge in [0.2, 0.25) is 11.8 Å². The highest BCUT2D eigenvalue weighted by molar-refractivity contribution is 5.88. The van der Waals surface area contributed by atoms with Crippen LogP contribution in [-0.4, -0.2) is 17.9 Å². The average molecular weight is 262 g/mol. The first kappa shape index (κ1) is 15.2. The molecular formula is C15H22N2O2. The van der Waals surface area contributed by atoms with Crippen molar-refractivity contribution in [3.05, 3.63) is 29.8 Å². The highest BCUT2D eigenvalue weighted by Gasteiger charge is 2.11. The van der Waals surface area contributed by atoms with Crippen molar-refractivity contribution >= 4 is 17.5 Å². The predicted molar refractivity (Wildman–Crippen MR) is 76.9 cm³/mol. The highest BCUT2D eigenvalue weighted by atomic mass is 16.2. The molecule has 1 rings (SSSR count). The summed E-state index contributed by atoms with van der Waals surface area (Å²) in [6.07, 6.45) is 0.359. The van der Waals surface area contributed by atoms with E-state index in [1.165, 1.54) is 6.92 Å². The van der Waals surface area contributed by atoms with Gasteiger partial charge in [-0.1, -0.05) is 26.0 Å². The number of carbonyl (C=O) groups is 2. The van der Waals surface area contributed by atoms with Crippen LogP contribution < -0.4 is 10.6 Å². The lowest BCUT2D eigenvalue weighted by atomic mass is 10.1. The molecule has 1 aromatic carbocycles. The third-order valence-electron chi connectivity index (χ3n) is 3.03. The van der Waals surface area contributed by atoms with E-state index in [-0.39, 0.29) is 17.9 Å². The van der Waals surface area contributed by atoms with Gasteiger partial charge < -0.3 is 10.6 Å². The predicted octanol–water partition coefficient (Wildman–Crippen LogP) is 2.35. The van der Waals surface area contributed by atoms with E-state index in [0.29, 0.717) is 12.3 Å².